The van der Waals surface area contributed by atoms with Gasteiger partial charge in [0.2, 0.25) is 0 Å². The molecule has 5 rings (SSSR count). The van der Waals surface area contributed by atoms with E-state index in [9.17, 15) is 14.7 Å². The van der Waals surface area contributed by atoms with Crippen LogP contribution >= 0.6 is 23.2 Å². The van der Waals surface area contributed by atoms with Crippen molar-refractivity contribution < 1.29 is 19.4 Å². The molecule has 0 amide bonds. The molecule has 0 atom stereocenters. The molecular formula is C26H18Cl2O4. The van der Waals surface area contributed by atoms with Crippen molar-refractivity contribution in [2.24, 2.45) is 5.92 Å². The lowest BCUT2D eigenvalue weighted by atomic mass is 9.87. The Bertz CT molecular complexity index is 1550. The Labute approximate surface area is 193 Å². The number of halogens is 2. The van der Waals surface area contributed by atoms with Gasteiger partial charge in [-0.25, -0.2) is 9.59 Å². The first kappa shape index (κ1) is 20.8. The summed E-state index contributed by atoms with van der Waals surface area (Å²) in [4.78, 5) is 24.8. The monoisotopic (exact) mass is 464 g/mol. The normalized spacial score (nSPS) is 11.9. The van der Waals surface area contributed by atoms with Gasteiger partial charge in [0.25, 0.3) is 0 Å². The van der Waals surface area contributed by atoms with Crippen molar-refractivity contribution in [1.29, 1.82) is 0 Å². The van der Waals surface area contributed by atoms with Crippen LogP contribution < -0.4 is 0 Å². The van der Waals surface area contributed by atoms with Crippen LogP contribution in [0.15, 0.2) is 48.5 Å². The van der Waals surface area contributed by atoms with Gasteiger partial charge in [0.1, 0.15) is 0 Å². The fourth-order valence-electron chi connectivity index (χ4n) is 4.47. The van der Waals surface area contributed by atoms with E-state index in [1.54, 1.807) is 30.3 Å². The highest BCUT2D eigenvalue weighted by molar-refractivity contribution is 6.45. The van der Waals surface area contributed by atoms with Gasteiger partial charge in [-0.1, -0.05) is 61.3 Å². The molecule has 0 aromatic heterocycles. The first-order valence-electron chi connectivity index (χ1n) is 10.2. The predicted molar refractivity (Wildman–Crippen MR) is 130 cm³/mol. The number of rotatable bonds is 4. The Morgan fingerprint density at radius 2 is 1.19 bits per heavy atom. The molecule has 0 saturated heterocycles. The lowest BCUT2D eigenvalue weighted by molar-refractivity contribution is 0.0461. The van der Waals surface area contributed by atoms with E-state index in [1.165, 1.54) is 0 Å². The van der Waals surface area contributed by atoms with Crippen molar-refractivity contribution in [1.82, 2.24) is 0 Å². The van der Waals surface area contributed by atoms with Crippen LogP contribution in [0, 0.1) is 5.92 Å². The molecule has 0 spiro atoms. The van der Waals surface area contributed by atoms with E-state index in [2.05, 4.69) is 0 Å². The van der Waals surface area contributed by atoms with E-state index in [0.717, 1.165) is 32.3 Å². The number of carboxylic acid groups (broad SMARTS) is 1. The molecule has 0 saturated carbocycles. The third-order valence-corrected chi connectivity index (χ3v) is 6.43. The Morgan fingerprint density at radius 3 is 1.66 bits per heavy atom. The molecule has 6 heteroatoms. The molecule has 0 bridgehead atoms. The van der Waals surface area contributed by atoms with E-state index in [-0.39, 0.29) is 11.5 Å². The Kier molecular flexibility index (Phi) is 4.88. The van der Waals surface area contributed by atoms with Gasteiger partial charge in [-0.3, -0.25) is 0 Å². The number of fused-ring (bicyclic) bond motifs is 2. The number of esters is 1. The third-order valence-electron chi connectivity index (χ3n) is 5.80. The fourth-order valence-corrected chi connectivity index (χ4v) is 4.99. The number of hydrogen-bond acceptors (Lipinski definition) is 3. The summed E-state index contributed by atoms with van der Waals surface area (Å²) in [7, 11) is 0. The molecule has 0 fully saturated rings. The number of ether oxygens (including phenoxy) is 1. The second-order valence-corrected chi connectivity index (χ2v) is 9.12. The van der Waals surface area contributed by atoms with Crippen molar-refractivity contribution >= 4 is 78.2 Å². The Balaban J connectivity index is 1.95. The number of carbonyl (C=O) groups excluding carboxylic acids is 1. The second kappa shape index (κ2) is 7.51. The average molecular weight is 465 g/mol. The number of carbonyl (C=O) groups is 2. The highest BCUT2D eigenvalue weighted by Gasteiger charge is 2.22. The standard InChI is InChI=1S/C26H18Cl2O4/c1-12(2)11-32-26(31)18-6-4-14-15-7-9-19(27)23-17(25(29)30)5-3-13(21(15)23)16-8-10-20(28)24(18)22(14)16/h3-10,12H,11H2,1-2H3,(H,29,30). The molecule has 4 nitrogen and oxygen atoms in total. The predicted octanol–water partition coefficient (Wildman–Crippen LogP) is 7.56. The van der Waals surface area contributed by atoms with Gasteiger partial charge in [-0.2, -0.15) is 0 Å². The van der Waals surface area contributed by atoms with Gasteiger partial charge in [-0.15, -0.1) is 0 Å². The van der Waals surface area contributed by atoms with Crippen LogP contribution in [0.5, 0.6) is 0 Å². The first-order chi connectivity index (χ1) is 15.3. The topological polar surface area (TPSA) is 63.6 Å². The maximum Gasteiger partial charge on any atom is 0.338 e. The summed E-state index contributed by atoms with van der Waals surface area (Å²) in [6.45, 7) is 4.27. The molecule has 0 unspecified atom stereocenters. The van der Waals surface area contributed by atoms with Crippen LogP contribution in [0.1, 0.15) is 34.6 Å². The Hall–Kier alpha value is -3.08. The average Bonchev–Trinajstić information content (AvgIpc) is 2.77. The molecule has 5 aromatic carbocycles. The van der Waals surface area contributed by atoms with Crippen LogP contribution in [0.25, 0.3) is 43.1 Å². The van der Waals surface area contributed by atoms with Gasteiger partial charge in [0, 0.05) is 20.8 Å². The summed E-state index contributed by atoms with van der Waals surface area (Å²) in [5.74, 6) is -1.24. The summed E-state index contributed by atoms with van der Waals surface area (Å²) >= 11 is 13.1. The molecule has 0 aliphatic rings. The van der Waals surface area contributed by atoms with Crippen LogP contribution in [-0.2, 0) is 4.74 Å². The SMILES string of the molecule is CC(C)COC(=O)c1ccc2c3ccc(Cl)c4c(C(=O)O)ccc(c5ccc(Cl)c1c52)c43. The number of benzene rings is 5. The zero-order chi connectivity index (χ0) is 22.7. The lowest BCUT2D eigenvalue weighted by Gasteiger charge is -2.18. The minimum atomic E-state index is -1.04. The highest BCUT2D eigenvalue weighted by atomic mass is 35.5. The van der Waals surface area contributed by atoms with E-state index < -0.39 is 11.9 Å². The Morgan fingerprint density at radius 1 is 0.750 bits per heavy atom. The molecular weight excluding hydrogens is 447 g/mol. The van der Waals surface area contributed by atoms with Crippen molar-refractivity contribution in [3.05, 3.63) is 69.7 Å². The van der Waals surface area contributed by atoms with Gasteiger partial charge >= 0.3 is 11.9 Å². The van der Waals surface area contributed by atoms with Gasteiger partial charge in [-0.05, 0) is 62.5 Å². The summed E-state index contributed by atoms with van der Waals surface area (Å²) in [5.41, 5.74) is 0.560. The largest absolute Gasteiger partial charge is 0.478 e. The van der Waals surface area contributed by atoms with E-state index in [4.69, 9.17) is 27.9 Å². The molecule has 0 heterocycles. The number of carboxylic acids is 1. The van der Waals surface area contributed by atoms with Crippen LogP contribution in [-0.4, -0.2) is 23.7 Å². The minimum Gasteiger partial charge on any atom is -0.478 e. The van der Waals surface area contributed by atoms with Gasteiger partial charge in [0.15, 0.2) is 0 Å². The zero-order valence-corrected chi connectivity index (χ0v) is 18.8. The van der Waals surface area contributed by atoms with Crippen molar-refractivity contribution in [3.8, 4) is 0 Å². The molecule has 0 aliphatic heterocycles. The van der Waals surface area contributed by atoms with Crippen molar-refractivity contribution in [2.45, 2.75) is 13.8 Å². The summed E-state index contributed by atoms with van der Waals surface area (Å²) in [6.07, 6.45) is 0. The van der Waals surface area contributed by atoms with E-state index in [1.807, 2.05) is 32.0 Å². The second-order valence-electron chi connectivity index (χ2n) is 8.31. The van der Waals surface area contributed by atoms with E-state index >= 15 is 0 Å². The van der Waals surface area contributed by atoms with Crippen LogP contribution in [0.2, 0.25) is 10.0 Å². The molecule has 160 valence electrons. The lowest BCUT2D eigenvalue weighted by Crippen LogP contribution is -2.11. The maximum absolute atomic E-state index is 12.9. The minimum absolute atomic E-state index is 0.151. The number of hydrogen-bond donors (Lipinski definition) is 1. The van der Waals surface area contributed by atoms with E-state index in [0.29, 0.717) is 33.0 Å². The van der Waals surface area contributed by atoms with Gasteiger partial charge < -0.3 is 9.84 Å². The highest BCUT2D eigenvalue weighted by Crippen LogP contribution is 2.45. The molecule has 0 radical (unpaired) electrons. The first-order valence-corrected chi connectivity index (χ1v) is 11.0. The fraction of sp³-hybridized carbons (Fsp3) is 0.154. The summed E-state index contributed by atoms with van der Waals surface area (Å²) < 4.78 is 5.49. The molecule has 0 aliphatic carbocycles. The summed E-state index contributed by atoms with van der Waals surface area (Å²) in [6, 6.07) is 14.2. The number of aromatic carboxylic acids is 1. The van der Waals surface area contributed by atoms with Crippen molar-refractivity contribution in [2.75, 3.05) is 6.61 Å². The van der Waals surface area contributed by atoms with Gasteiger partial charge in [0.05, 0.1) is 17.7 Å². The maximum atomic E-state index is 12.9. The van der Waals surface area contributed by atoms with Crippen LogP contribution in [0.3, 0.4) is 0 Å². The molecule has 1 N–H and O–H groups in total. The zero-order valence-electron chi connectivity index (χ0n) is 17.3. The van der Waals surface area contributed by atoms with Crippen molar-refractivity contribution in [3.63, 3.8) is 0 Å². The molecule has 32 heavy (non-hydrogen) atoms. The molecule has 5 aromatic rings. The third kappa shape index (κ3) is 2.98. The summed E-state index contributed by atoms with van der Waals surface area (Å²) in [5, 5.41) is 16.8. The van der Waals surface area contributed by atoms with Crippen LogP contribution in [0.4, 0.5) is 0 Å². The smallest absolute Gasteiger partial charge is 0.338 e. The quantitative estimate of drug-likeness (QED) is 0.169.